The summed E-state index contributed by atoms with van der Waals surface area (Å²) >= 11 is 0.979. The van der Waals surface area contributed by atoms with Crippen molar-refractivity contribution in [3.8, 4) is 0 Å². The second-order valence-corrected chi connectivity index (χ2v) is 11.5. The van der Waals surface area contributed by atoms with Gasteiger partial charge < -0.3 is 37.0 Å². The van der Waals surface area contributed by atoms with Crippen molar-refractivity contribution in [2.45, 2.75) is 128 Å². The van der Waals surface area contributed by atoms with E-state index in [9.17, 15) is 33.9 Å². The van der Waals surface area contributed by atoms with Crippen molar-refractivity contribution in [2.75, 3.05) is 11.5 Å². The Labute approximate surface area is 252 Å². The first-order chi connectivity index (χ1) is 19.9. The molecule has 0 aliphatic heterocycles. The van der Waals surface area contributed by atoms with Gasteiger partial charge >= 0.3 is 17.9 Å². The molecule has 0 unspecified atom stereocenters. The van der Waals surface area contributed by atoms with Crippen LogP contribution in [-0.2, 0) is 28.8 Å². The molecule has 3 amide bonds. The number of aliphatic carboxylic acids is 3. The van der Waals surface area contributed by atoms with Gasteiger partial charge in [-0.2, -0.15) is 11.8 Å². The second-order valence-electron chi connectivity index (χ2n) is 10.5. The highest BCUT2D eigenvalue weighted by atomic mass is 32.2. The van der Waals surface area contributed by atoms with Crippen molar-refractivity contribution in [3.63, 3.8) is 0 Å². The molecule has 8 N–H and O–H groups in total. The standard InChI is InChI=1S/C28H50N4O9S/c1-3-4-5-6-7-8-9-10-11-12-13-14-23(33)31-21(28(40)41)15-16-24(34)32-22(18-42-17-20(29)27(38)39)25(35)30-19(2)26(36)37/h19-22H,3-18,29H2,1-2H3,(H,30,35)(H,31,33)(H,32,34)(H,36,37)(H,38,39)(H,40,41)/t19-,20+,21-,22-/m1/s1. The zero-order valence-electron chi connectivity index (χ0n) is 24.9. The summed E-state index contributed by atoms with van der Waals surface area (Å²) in [5.74, 6) is -5.88. The maximum atomic E-state index is 12.5. The fraction of sp³-hybridized carbons (Fsp3) is 0.786. The molecule has 0 aliphatic carbocycles. The van der Waals surface area contributed by atoms with E-state index >= 15 is 0 Å². The minimum absolute atomic E-state index is 0.0598. The molecule has 0 spiro atoms. The Morgan fingerprint density at radius 1 is 0.643 bits per heavy atom. The number of rotatable bonds is 26. The molecule has 42 heavy (non-hydrogen) atoms. The molecule has 242 valence electrons. The summed E-state index contributed by atoms with van der Waals surface area (Å²) in [4.78, 5) is 71.0. The van der Waals surface area contributed by atoms with E-state index in [0.717, 1.165) is 31.0 Å². The Morgan fingerprint density at radius 2 is 1.14 bits per heavy atom. The van der Waals surface area contributed by atoms with Crippen LogP contribution in [0.5, 0.6) is 0 Å². The van der Waals surface area contributed by atoms with Gasteiger partial charge in [0.05, 0.1) is 0 Å². The number of amides is 3. The third-order valence-electron chi connectivity index (χ3n) is 6.58. The Hall–Kier alpha value is -2.87. The van der Waals surface area contributed by atoms with Gasteiger partial charge in [-0.3, -0.25) is 24.0 Å². The fourth-order valence-corrected chi connectivity index (χ4v) is 4.96. The molecular weight excluding hydrogens is 568 g/mol. The topological polar surface area (TPSA) is 225 Å². The smallest absolute Gasteiger partial charge is 0.326 e. The average Bonchev–Trinajstić information content (AvgIpc) is 2.92. The van der Waals surface area contributed by atoms with Crippen LogP contribution in [0.15, 0.2) is 0 Å². The van der Waals surface area contributed by atoms with Crippen LogP contribution in [0.1, 0.15) is 104 Å². The van der Waals surface area contributed by atoms with Gasteiger partial charge in [0.15, 0.2) is 0 Å². The number of unbranched alkanes of at least 4 members (excludes halogenated alkanes) is 10. The zero-order chi connectivity index (χ0) is 31.9. The molecule has 0 radical (unpaired) electrons. The molecule has 14 heteroatoms. The van der Waals surface area contributed by atoms with Crippen LogP contribution >= 0.6 is 11.8 Å². The van der Waals surface area contributed by atoms with E-state index in [1.807, 2.05) is 0 Å². The van der Waals surface area contributed by atoms with Gasteiger partial charge in [0.1, 0.15) is 24.2 Å². The van der Waals surface area contributed by atoms with Gasteiger partial charge in [-0.25, -0.2) is 4.79 Å². The largest absolute Gasteiger partial charge is 0.480 e. The van der Waals surface area contributed by atoms with Crippen molar-refractivity contribution in [1.29, 1.82) is 0 Å². The third-order valence-corrected chi connectivity index (χ3v) is 7.74. The fourth-order valence-electron chi connectivity index (χ4n) is 3.96. The minimum Gasteiger partial charge on any atom is -0.480 e. The second kappa shape index (κ2) is 23.7. The van der Waals surface area contributed by atoms with E-state index in [0.29, 0.717) is 6.42 Å². The number of carboxylic acids is 3. The van der Waals surface area contributed by atoms with E-state index in [1.165, 1.54) is 51.9 Å². The quantitative estimate of drug-likeness (QED) is 0.0696. The van der Waals surface area contributed by atoms with Gasteiger partial charge in [-0.05, 0) is 19.8 Å². The predicted octanol–water partition coefficient (Wildman–Crippen LogP) is 2.26. The Balaban J connectivity index is 4.61. The Kier molecular flexibility index (Phi) is 22.0. The molecule has 13 nitrogen and oxygen atoms in total. The van der Waals surface area contributed by atoms with Gasteiger partial charge in [0.2, 0.25) is 17.7 Å². The maximum Gasteiger partial charge on any atom is 0.326 e. The van der Waals surface area contributed by atoms with Crippen LogP contribution in [0, 0.1) is 0 Å². The summed E-state index contributed by atoms with van der Waals surface area (Å²) < 4.78 is 0. The van der Waals surface area contributed by atoms with Gasteiger partial charge in [0.25, 0.3) is 0 Å². The van der Waals surface area contributed by atoms with Crippen LogP contribution < -0.4 is 21.7 Å². The van der Waals surface area contributed by atoms with Crippen molar-refractivity contribution in [2.24, 2.45) is 5.73 Å². The highest BCUT2D eigenvalue weighted by Gasteiger charge is 2.26. The molecule has 0 aromatic rings. The lowest BCUT2D eigenvalue weighted by atomic mass is 10.0. The lowest BCUT2D eigenvalue weighted by Crippen LogP contribution is -2.52. The van der Waals surface area contributed by atoms with Gasteiger partial charge in [0, 0.05) is 24.3 Å². The molecule has 0 aliphatic rings. The molecule has 0 saturated heterocycles. The minimum atomic E-state index is -1.29. The number of carbonyl (C=O) groups is 6. The molecular formula is C28H50N4O9S. The molecule has 0 heterocycles. The lowest BCUT2D eigenvalue weighted by Gasteiger charge is -2.21. The first kappa shape index (κ1) is 39.1. The Bertz CT molecular complexity index is 859. The van der Waals surface area contributed by atoms with Crippen LogP contribution in [0.25, 0.3) is 0 Å². The normalized spacial score (nSPS) is 13.8. The van der Waals surface area contributed by atoms with E-state index in [4.69, 9.17) is 15.9 Å². The highest BCUT2D eigenvalue weighted by molar-refractivity contribution is 7.99. The number of carboxylic acid groups (broad SMARTS) is 3. The summed E-state index contributed by atoms with van der Waals surface area (Å²) in [6.07, 6.45) is 12.1. The number of hydrogen-bond donors (Lipinski definition) is 7. The number of nitrogens with one attached hydrogen (secondary N) is 3. The Morgan fingerprint density at radius 3 is 1.64 bits per heavy atom. The summed E-state index contributed by atoms with van der Waals surface area (Å²) in [5.41, 5.74) is 5.45. The molecule has 4 atom stereocenters. The van der Waals surface area contributed by atoms with E-state index in [1.54, 1.807) is 0 Å². The summed E-state index contributed by atoms with van der Waals surface area (Å²) in [6, 6.07) is -4.95. The summed E-state index contributed by atoms with van der Waals surface area (Å²) in [7, 11) is 0. The van der Waals surface area contributed by atoms with Crippen LogP contribution in [0.2, 0.25) is 0 Å². The van der Waals surface area contributed by atoms with Crippen LogP contribution in [-0.4, -0.2) is 86.6 Å². The van der Waals surface area contributed by atoms with Crippen molar-refractivity contribution in [1.82, 2.24) is 16.0 Å². The molecule has 0 aromatic carbocycles. The van der Waals surface area contributed by atoms with E-state index in [2.05, 4.69) is 22.9 Å². The van der Waals surface area contributed by atoms with Crippen LogP contribution in [0.4, 0.5) is 0 Å². The van der Waals surface area contributed by atoms with Crippen molar-refractivity contribution >= 4 is 47.4 Å². The van der Waals surface area contributed by atoms with Gasteiger partial charge in [-0.1, -0.05) is 71.1 Å². The average molecular weight is 619 g/mol. The molecule has 0 aromatic heterocycles. The molecule has 0 bridgehead atoms. The maximum absolute atomic E-state index is 12.5. The van der Waals surface area contributed by atoms with Crippen LogP contribution in [0.3, 0.4) is 0 Å². The molecule has 0 rings (SSSR count). The number of carbonyl (C=O) groups excluding carboxylic acids is 3. The van der Waals surface area contributed by atoms with E-state index < -0.39 is 59.8 Å². The number of nitrogens with two attached hydrogens (primary N) is 1. The zero-order valence-corrected chi connectivity index (χ0v) is 25.7. The first-order valence-corrected chi connectivity index (χ1v) is 15.9. The lowest BCUT2D eigenvalue weighted by molar-refractivity contribution is -0.142. The highest BCUT2D eigenvalue weighted by Crippen LogP contribution is 2.12. The SMILES string of the molecule is CCCCCCCCCCCCCC(=O)N[C@H](CCC(=O)N[C@H](CSC[C@H](N)C(=O)O)C(=O)N[C@H](C)C(=O)O)C(=O)O. The van der Waals surface area contributed by atoms with E-state index in [-0.39, 0.29) is 30.8 Å². The monoisotopic (exact) mass is 618 g/mol. The van der Waals surface area contributed by atoms with Crippen molar-refractivity contribution in [3.05, 3.63) is 0 Å². The third kappa shape index (κ3) is 20.1. The number of thioether (sulfide) groups is 1. The first-order valence-electron chi connectivity index (χ1n) is 14.8. The summed E-state index contributed by atoms with van der Waals surface area (Å²) in [6.45, 7) is 3.44. The van der Waals surface area contributed by atoms with Gasteiger partial charge in [-0.15, -0.1) is 0 Å². The molecule has 0 saturated carbocycles. The van der Waals surface area contributed by atoms with Crippen molar-refractivity contribution < 1.29 is 44.1 Å². The molecule has 0 fully saturated rings. The summed E-state index contributed by atoms with van der Waals surface area (Å²) in [5, 5.41) is 34.6. The predicted molar refractivity (Wildman–Crippen MR) is 160 cm³/mol. The number of hydrogen-bond acceptors (Lipinski definition) is 8.